The molecule has 0 aliphatic carbocycles. The first-order chi connectivity index (χ1) is 11.0. The van der Waals surface area contributed by atoms with E-state index >= 15 is 0 Å². The second-order valence-corrected chi connectivity index (χ2v) is 5.60. The van der Waals surface area contributed by atoms with Gasteiger partial charge in [0, 0.05) is 0 Å². The van der Waals surface area contributed by atoms with Crippen molar-refractivity contribution in [3.8, 4) is 22.6 Å². The van der Waals surface area contributed by atoms with Crippen LogP contribution in [0, 0.1) is 26.6 Å². The van der Waals surface area contributed by atoms with Crippen molar-refractivity contribution < 1.29 is 8.96 Å². The summed E-state index contributed by atoms with van der Waals surface area (Å²) < 4.78 is 16.6. The topological polar surface area (TPSA) is 42.5 Å². The quantitative estimate of drug-likeness (QED) is 0.683. The predicted molar refractivity (Wildman–Crippen MR) is 86.0 cm³/mol. The van der Waals surface area contributed by atoms with E-state index in [1.807, 2.05) is 44.4 Å². The molecule has 2 aromatic heterocycles. The molecule has 1 aromatic carbocycles. The molecule has 0 radical (unpaired) electrons. The summed E-state index contributed by atoms with van der Waals surface area (Å²) >= 11 is 0. The van der Waals surface area contributed by atoms with Crippen LogP contribution in [0.15, 0.2) is 36.5 Å². The van der Waals surface area contributed by atoms with Crippen LogP contribution in [0.1, 0.15) is 17.2 Å². The first-order valence-electron chi connectivity index (χ1n) is 7.40. The highest BCUT2D eigenvalue weighted by molar-refractivity contribution is 5.63. The molecule has 0 bridgehead atoms. The van der Waals surface area contributed by atoms with Gasteiger partial charge in [0.15, 0.2) is 17.8 Å². The van der Waals surface area contributed by atoms with Gasteiger partial charge >= 0.3 is 0 Å². The van der Waals surface area contributed by atoms with E-state index in [1.165, 1.54) is 6.07 Å². The zero-order valence-corrected chi connectivity index (χ0v) is 13.6. The van der Waals surface area contributed by atoms with Crippen LogP contribution in [-0.2, 0) is 7.05 Å². The van der Waals surface area contributed by atoms with Gasteiger partial charge in [-0.1, -0.05) is 18.2 Å². The van der Waals surface area contributed by atoms with Crippen LogP contribution in [0.25, 0.3) is 22.6 Å². The van der Waals surface area contributed by atoms with Crippen molar-refractivity contribution in [3.63, 3.8) is 0 Å². The van der Waals surface area contributed by atoms with E-state index in [2.05, 4.69) is 15.0 Å². The molecule has 2 heterocycles. The Morgan fingerprint density at radius 1 is 0.957 bits per heavy atom. The average Bonchev–Trinajstić information content (AvgIpc) is 2.47. The SMILES string of the molecule is Cc1nc(C)nc(-c2cc(F)c(-c3ccccc3C)[n+](C)c2)n1. The van der Waals surface area contributed by atoms with E-state index in [0.717, 1.165) is 11.1 Å². The smallest absolute Gasteiger partial charge is 0.219 e. The molecule has 0 atom stereocenters. The van der Waals surface area contributed by atoms with E-state index in [9.17, 15) is 4.39 Å². The Hall–Kier alpha value is -2.69. The van der Waals surface area contributed by atoms with Crippen LogP contribution in [0.4, 0.5) is 4.39 Å². The number of rotatable bonds is 2. The zero-order chi connectivity index (χ0) is 16.6. The van der Waals surface area contributed by atoms with Crippen LogP contribution in [0.3, 0.4) is 0 Å². The number of hydrogen-bond donors (Lipinski definition) is 0. The second kappa shape index (κ2) is 5.83. The number of nitrogens with zero attached hydrogens (tertiary/aromatic N) is 4. The molecule has 0 saturated carbocycles. The van der Waals surface area contributed by atoms with E-state index in [1.54, 1.807) is 18.4 Å². The monoisotopic (exact) mass is 309 g/mol. The van der Waals surface area contributed by atoms with Crippen molar-refractivity contribution in [2.45, 2.75) is 20.8 Å². The number of aryl methyl sites for hydroxylation is 4. The molecule has 116 valence electrons. The maximum atomic E-state index is 14.8. The van der Waals surface area contributed by atoms with Crippen molar-refractivity contribution >= 4 is 0 Å². The molecule has 3 aromatic rings. The minimum absolute atomic E-state index is 0.296. The van der Waals surface area contributed by atoms with Gasteiger partial charge in [0.25, 0.3) is 0 Å². The Balaban J connectivity index is 2.16. The Kier molecular flexibility index (Phi) is 3.86. The fraction of sp³-hybridized carbons (Fsp3) is 0.222. The number of halogens is 1. The third-order valence-electron chi connectivity index (χ3n) is 3.71. The molecule has 0 spiro atoms. The van der Waals surface area contributed by atoms with Crippen molar-refractivity contribution in [2.75, 3.05) is 0 Å². The van der Waals surface area contributed by atoms with Gasteiger partial charge in [0.2, 0.25) is 5.69 Å². The molecule has 4 nitrogen and oxygen atoms in total. The Morgan fingerprint density at radius 2 is 1.61 bits per heavy atom. The van der Waals surface area contributed by atoms with Crippen molar-refractivity contribution in [1.82, 2.24) is 15.0 Å². The highest BCUT2D eigenvalue weighted by Crippen LogP contribution is 2.25. The largest absolute Gasteiger partial charge is 0.248 e. The second-order valence-electron chi connectivity index (χ2n) is 5.60. The highest BCUT2D eigenvalue weighted by atomic mass is 19.1. The molecule has 0 N–H and O–H groups in total. The standard InChI is InChI=1S/C18H18FN4/c1-11-7-5-6-8-15(11)17-16(19)9-14(10-23(17)4)18-21-12(2)20-13(3)22-18/h5-10H,1-4H3/q+1. The van der Waals surface area contributed by atoms with E-state index in [-0.39, 0.29) is 5.82 Å². The lowest BCUT2D eigenvalue weighted by Crippen LogP contribution is -2.32. The predicted octanol–water partition coefficient (Wildman–Crippen LogP) is 3.09. The maximum absolute atomic E-state index is 14.8. The van der Waals surface area contributed by atoms with Gasteiger partial charge in [-0.15, -0.1) is 0 Å². The fourth-order valence-corrected chi connectivity index (χ4v) is 2.71. The molecular formula is C18H18FN4+. The minimum Gasteiger partial charge on any atom is -0.219 e. The fourth-order valence-electron chi connectivity index (χ4n) is 2.71. The molecule has 23 heavy (non-hydrogen) atoms. The van der Waals surface area contributed by atoms with E-state index < -0.39 is 0 Å². The lowest BCUT2D eigenvalue weighted by molar-refractivity contribution is -0.661. The summed E-state index contributed by atoms with van der Waals surface area (Å²) in [5.41, 5.74) is 3.09. The summed E-state index contributed by atoms with van der Waals surface area (Å²) in [4.78, 5) is 12.8. The molecule has 0 aliphatic rings. The van der Waals surface area contributed by atoms with Crippen LogP contribution in [0.2, 0.25) is 0 Å². The molecular weight excluding hydrogens is 291 g/mol. The van der Waals surface area contributed by atoms with Gasteiger partial charge in [-0.05, 0) is 38.5 Å². The van der Waals surface area contributed by atoms with Gasteiger partial charge in [-0.25, -0.2) is 15.0 Å². The number of benzene rings is 1. The Morgan fingerprint density at radius 3 is 2.22 bits per heavy atom. The van der Waals surface area contributed by atoms with Gasteiger partial charge in [0.05, 0.1) is 11.1 Å². The van der Waals surface area contributed by atoms with E-state index in [4.69, 9.17) is 0 Å². The van der Waals surface area contributed by atoms with Crippen molar-refractivity contribution in [2.24, 2.45) is 7.05 Å². The molecule has 0 aliphatic heterocycles. The molecule has 3 rings (SSSR count). The number of aromatic nitrogens is 4. The van der Waals surface area contributed by atoms with E-state index in [0.29, 0.717) is 28.7 Å². The lowest BCUT2D eigenvalue weighted by Gasteiger charge is -2.07. The maximum Gasteiger partial charge on any atom is 0.248 e. The Labute approximate surface area is 134 Å². The Bertz CT molecular complexity index is 847. The van der Waals surface area contributed by atoms with Gasteiger partial charge in [-0.2, -0.15) is 8.96 Å². The lowest BCUT2D eigenvalue weighted by atomic mass is 10.0. The molecule has 5 heteroatoms. The van der Waals surface area contributed by atoms with Gasteiger partial charge < -0.3 is 0 Å². The summed E-state index contributed by atoms with van der Waals surface area (Å²) in [7, 11) is 1.83. The summed E-state index contributed by atoms with van der Waals surface area (Å²) in [6.45, 7) is 5.58. The first-order valence-corrected chi connectivity index (χ1v) is 7.40. The zero-order valence-electron chi connectivity index (χ0n) is 13.6. The summed E-state index contributed by atoms with van der Waals surface area (Å²) in [5.74, 6) is 1.44. The van der Waals surface area contributed by atoms with Crippen LogP contribution < -0.4 is 4.57 Å². The average molecular weight is 309 g/mol. The molecule has 0 saturated heterocycles. The van der Waals surface area contributed by atoms with Crippen molar-refractivity contribution in [3.05, 3.63) is 59.6 Å². The summed E-state index contributed by atoms with van der Waals surface area (Å²) in [6, 6.07) is 9.23. The highest BCUT2D eigenvalue weighted by Gasteiger charge is 2.21. The molecule has 0 amide bonds. The van der Waals surface area contributed by atoms with Crippen LogP contribution in [-0.4, -0.2) is 15.0 Å². The van der Waals surface area contributed by atoms with Crippen LogP contribution >= 0.6 is 0 Å². The molecule has 0 unspecified atom stereocenters. The minimum atomic E-state index is -0.296. The third-order valence-corrected chi connectivity index (χ3v) is 3.71. The normalized spacial score (nSPS) is 10.8. The van der Waals surface area contributed by atoms with Gasteiger partial charge in [0.1, 0.15) is 18.7 Å². The molecule has 0 fully saturated rings. The van der Waals surface area contributed by atoms with Crippen LogP contribution in [0.5, 0.6) is 0 Å². The first kappa shape index (κ1) is 15.2. The summed E-state index contributed by atoms with van der Waals surface area (Å²) in [6.07, 6.45) is 1.85. The third kappa shape index (κ3) is 2.95. The summed E-state index contributed by atoms with van der Waals surface area (Å²) in [5, 5.41) is 0. The number of hydrogen-bond acceptors (Lipinski definition) is 3. The van der Waals surface area contributed by atoms with Gasteiger partial charge in [-0.3, -0.25) is 0 Å². The van der Waals surface area contributed by atoms with Crippen molar-refractivity contribution in [1.29, 1.82) is 0 Å². The number of pyridine rings is 1.